The number of nitrogens with zero attached hydrogens (tertiary/aromatic N) is 2. The van der Waals surface area contributed by atoms with Crippen LogP contribution in [-0.2, 0) is 28.0 Å². The molecule has 8 heteroatoms. The third-order valence-electron chi connectivity index (χ3n) is 5.44. The average Bonchev–Trinajstić information content (AvgIpc) is 3.34. The largest absolute Gasteiger partial charge is 0.383 e. The lowest BCUT2D eigenvalue weighted by atomic mass is 9.82. The first-order valence-corrected chi connectivity index (χ1v) is 10.3. The fraction of sp³-hybridized carbons (Fsp3) is 0.579. The Morgan fingerprint density at radius 2 is 2.33 bits per heavy atom. The zero-order valence-electron chi connectivity index (χ0n) is 15.6. The van der Waals surface area contributed by atoms with E-state index in [-0.39, 0.29) is 11.5 Å². The normalized spacial score (nSPS) is 19.1. The van der Waals surface area contributed by atoms with Crippen LogP contribution in [-0.4, -0.2) is 61.0 Å². The lowest BCUT2D eigenvalue weighted by Crippen LogP contribution is -2.45. The van der Waals surface area contributed by atoms with Gasteiger partial charge in [-0.15, -0.1) is 11.3 Å². The molecule has 2 aliphatic heterocycles. The number of likely N-dealkylation sites (tertiary alicyclic amines) is 1. The number of amides is 1. The molecule has 0 unspecified atom stereocenters. The predicted octanol–water partition coefficient (Wildman–Crippen LogP) is 1.91. The van der Waals surface area contributed by atoms with Gasteiger partial charge in [0.05, 0.1) is 23.7 Å². The highest BCUT2D eigenvalue weighted by Crippen LogP contribution is 2.44. The van der Waals surface area contributed by atoms with Crippen molar-refractivity contribution in [3.05, 3.63) is 39.3 Å². The molecular weight excluding hydrogens is 364 g/mol. The van der Waals surface area contributed by atoms with Crippen molar-refractivity contribution < 1.29 is 14.3 Å². The second-order valence-corrected chi connectivity index (χ2v) is 8.28. The predicted molar refractivity (Wildman–Crippen MR) is 103 cm³/mol. The zero-order valence-corrected chi connectivity index (χ0v) is 16.4. The van der Waals surface area contributed by atoms with Crippen molar-refractivity contribution in [2.75, 3.05) is 40.0 Å². The number of ether oxygens (including phenoxy) is 2. The number of hydrogen-bond acceptors (Lipinski definition) is 6. The van der Waals surface area contributed by atoms with Gasteiger partial charge in [0.25, 0.3) is 5.91 Å². The monoisotopic (exact) mass is 390 g/mol. The third kappa shape index (κ3) is 3.94. The summed E-state index contributed by atoms with van der Waals surface area (Å²) in [5.74, 6) is -0.0155. The summed E-state index contributed by atoms with van der Waals surface area (Å²) in [6.45, 7) is 4.63. The van der Waals surface area contributed by atoms with Gasteiger partial charge in [-0.05, 0) is 30.5 Å². The number of aromatic nitrogens is 2. The van der Waals surface area contributed by atoms with Crippen LogP contribution in [0.15, 0.2) is 18.3 Å². The highest BCUT2D eigenvalue weighted by atomic mass is 32.1. The molecular formula is C19H26N4O3S. The van der Waals surface area contributed by atoms with E-state index in [0.29, 0.717) is 13.2 Å². The van der Waals surface area contributed by atoms with Crippen LogP contribution in [0.4, 0.5) is 0 Å². The first-order valence-electron chi connectivity index (χ1n) is 9.45. The molecule has 7 nitrogen and oxygen atoms in total. The Labute approximate surface area is 163 Å². The highest BCUT2D eigenvalue weighted by Gasteiger charge is 2.42. The summed E-state index contributed by atoms with van der Waals surface area (Å²) in [7, 11) is 1.63. The van der Waals surface area contributed by atoms with Gasteiger partial charge in [-0.1, -0.05) is 0 Å². The lowest BCUT2D eigenvalue weighted by Gasteiger charge is -2.44. The summed E-state index contributed by atoms with van der Waals surface area (Å²) in [5.41, 5.74) is 2.14. The minimum Gasteiger partial charge on any atom is -0.383 e. The van der Waals surface area contributed by atoms with E-state index in [4.69, 9.17) is 9.47 Å². The topological polar surface area (TPSA) is 79.5 Å². The molecule has 1 fully saturated rings. The summed E-state index contributed by atoms with van der Waals surface area (Å²) in [6, 6.07) is 4.08. The number of fused-ring (bicyclic) bond motifs is 2. The molecule has 27 heavy (non-hydrogen) atoms. The maximum atomic E-state index is 12.4. The molecule has 2 N–H and O–H groups in total. The van der Waals surface area contributed by atoms with Crippen LogP contribution in [0, 0.1) is 0 Å². The van der Waals surface area contributed by atoms with Gasteiger partial charge in [0, 0.05) is 56.5 Å². The van der Waals surface area contributed by atoms with E-state index in [1.54, 1.807) is 24.6 Å². The number of rotatable bonds is 6. The number of carbonyl (C=O) groups is 1. The number of H-pyrrole nitrogens is 1. The van der Waals surface area contributed by atoms with Crippen LogP contribution in [0.2, 0.25) is 0 Å². The molecule has 2 aliphatic rings. The van der Waals surface area contributed by atoms with Gasteiger partial charge < -0.3 is 14.8 Å². The van der Waals surface area contributed by atoms with Crippen molar-refractivity contribution in [3.8, 4) is 0 Å². The van der Waals surface area contributed by atoms with Gasteiger partial charge in [-0.25, -0.2) is 0 Å². The van der Waals surface area contributed by atoms with Crippen LogP contribution in [0.25, 0.3) is 0 Å². The third-order valence-corrected chi connectivity index (χ3v) is 6.63. The molecule has 0 aromatic carbocycles. The van der Waals surface area contributed by atoms with Gasteiger partial charge in [0.15, 0.2) is 0 Å². The lowest BCUT2D eigenvalue weighted by molar-refractivity contribution is -0.0982. The molecule has 0 atom stereocenters. The van der Waals surface area contributed by atoms with E-state index < -0.39 is 0 Å². The van der Waals surface area contributed by atoms with Crippen molar-refractivity contribution >= 4 is 17.2 Å². The van der Waals surface area contributed by atoms with Crippen LogP contribution >= 0.6 is 11.3 Å². The number of thiophene rings is 1. The Bertz CT molecular complexity index is 766. The number of hydrogen-bond donors (Lipinski definition) is 2. The molecule has 2 aromatic rings. The second kappa shape index (κ2) is 8.10. The molecule has 1 spiro atoms. The fourth-order valence-corrected chi connectivity index (χ4v) is 5.13. The van der Waals surface area contributed by atoms with Gasteiger partial charge in [0.2, 0.25) is 0 Å². The average molecular weight is 391 g/mol. The first-order chi connectivity index (χ1) is 13.2. The number of piperidine rings is 1. The summed E-state index contributed by atoms with van der Waals surface area (Å²) < 4.78 is 11.3. The van der Waals surface area contributed by atoms with E-state index in [1.807, 2.05) is 6.07 Å². The van der Waals surface area contributed by atoms with E-state index >= 15 is 0 Å². The Kier molecular flexibility index (Phi) is 5.58. The molecule has 0 bridgehead atoms. The van der Waals surface area contributed by atoms with Crippen LogP contribution < -0.4 is 5.32 Å². The van der Waals surface area contributed by atoms with Gasteiger partial charge in [-0.3, -0.25) is 14.8 Å². The van der Waals surface area contributed by atoms with Crippen molar-refractivity contribution in [3.63, 3.8) is 0 Å². The Balaban J connectivity index is 1.44. The molecule has 0 radical (unpaired) electrons. The maximum absolute atomic E-state index is 12.4. The molecule has 1 saturated heterocycles. The quantitative estimate of drug-likeness (QED) is 0.737. The number of aromatic amines is 1. The summed E-state index contributed by atoms with van der Waals surface area (Å²) in [6.07, 6.45) is 4.60. The SMILES string of the molecule is COCCNC(=O)c1cc2c(s1)CCOC21CCN(Cc2ccn[nH]2)CC1. The van der Waals surface area contributed by atoms with Gasteiger partial charge >= 0.3 is 0 Å². The number of methoxy groups -OCH3 is 1. The smallest absolute Gasteiger partial charge is 0.261 e. The minimum absolute atomic E-state index is 0.0155. The molecule has 0 saturated carbocycles. The first kappa shape index (κ1) is 18.6. The van der Waals surface area contributed by atoms with E-state index in [1.165, 1.54) is 10.4 Å². The zero-order chi connectivity index (χ0) is 18.7. The van der Waals surface area contributed by atoms with Gasteiger partial charge in [-0.2, -0.15) is 5.10 Å². The fourth-order valence-electron chi connectivity index (χ4n) is 3.98. The Morgan fingerprint density at radius 1 is 1.48 bits per heavy atom. The molecule has 0 aliphatic carbocycles. The Hall–Kier alpha value is -1.74. The van der Waals surface area contributed by atoms with Crippen LogP contribution in [0.3, 0.4) is 0 Å². The van der Waals surface area contributed by atoms with Crippen LogP contribution in [0.5, 0.6) is 0 Å². The summed E-state index contributed by atoms with van der Waals surface area (Å²) in [5, 5.41) is 9.98. The van der Waals surface area contributed by atoms with Crippen molar-refractivity contribution in [2.45, 2.75) is 31.4 Å². The minimum atomic E-state index is -0.236. The molecule has 1 amide bonds. The molecule has 146 valence electrons. The van der Waals surface area contributed by atoms with Crippen molar-refractivity contribution in [1.82, 2.24) is 20.4 Å². The molecule has 4 rings (SSSR count). The van der Waals surface area contributed by atoms with E-state index in [2.05, 4.69) is 26.5 Å². The number of nitrogens with one attached hydrogen (secondary N) is 2. The second-order valence-electron chi connectivity index (χ2n) is 7.15. The molecule has 4 heterocycles. The van der Waals surface area contributed by atoms with E-state index in [9.17, 15) is 4.79 Å². The summed E-state index contributed by atoms with van der Waals surface area (Å²) in [4.78, 5) is 16.9. The standard InChI is InChI=1S/C19H26N4O3S/c1-25-11-7-20-18(24)17-12-15-16(27-17)3-10-26-19(15)4-8-23(9-5-19)13-14-2-6-21-22-14/h2,6,12H,3-5,7-11,13H2,1H3,(H,20,24)(H,21,22). The van der Waals surface area contributed by atoms with Crippen LogP contribution in [0.1, 0.15) is 38.6 Å². The van der Waals surface area contributed by atoms with Gasteiger partial charge in [0.1, 0.15) is 0 Å². The molecule has 2 aromatic heterocycles. The van der Waals surface area contributed by atoms with E-state index in [0.717, 1.165) is 56.1 Å². The number of carbonyl (C=O) groups excluding carboxylic acids is 1. The van der Waals surface area contributed by atoms with Crippen molar-refractivity contribution in [1.29, 1.82) is 0 Å². The summed E-state index contributed by atoms with van der Waals surface area (Å²) >= 11 is 1.61. The van der Waals surface area contributed by atoms with Crippen molar-refractivity contribution in [2.24, 2.45) is 0 Å². The maximum Gasteiger partial charge on any atom is 0.261 e. The Morgan fingerprint density at radius 3 is 3.07 bits per heavy atom. The highest BCUT2D eigenvalue weighted by molar-refractivity contribution is 7.14.